The molecule has 1 aromatic rings. The summed E-state index contributed by atoms with van der Waals surface area (Å²) in [5, 5.41) is 12.6. The van der Waals surface area contributed by atoms with Gasteiger partial charge < -0.3 is 15.3 Å². The van der Waals surface area contributed by atoms with E-state index in [0.717, 1.165) is 63.7 Å². The third-order valence-corrected chi connectivity index (χ3v) is 5.51. The summed E-state index contributed by atoms with van der Waals surface area (Å²) in [5.41, 5.74) is 0.272. The van der Waals surface area contributed by atoms with E-state index in [1.54, 1.807) is 6.07 Å². The van der Waals surface area contributed by atoms with Crippen LogP contribution in [-0.4, -0.2) is 48.2 Å². The number of aliphatic hydroxyl groups is 1. The number of carbonyl (C=O) groups excluding carboxylic acids is 1. The molecular weight excluding hydrogens is 307 g/mol. The number of nitrogens with zero attached hydrogens (tertiary/aromatic N) is 1. The minimum absolute atomic E-state index is 0.0356. The lowest BCUT2D eigenvalue weighted by molar-refractivity contribution is -0.129. The summed E-state index contributed by atoms with van der Waals surface area (Å²) in [7, 11) is 0. The smallest absolute Gasteiger partial charge is 0.230 e. The van der Waals surface area contributed by atoms with E-state index < -0.39 is 5.41 Å². The molecule has 0 bridgehead atoms. The van der Waals surface area contributed by atoms with Crippen LogP contribution >= 0.6 is 0 Å². The molecule has 0 spiro atoms. The van der Waals surface area contributed by atoms with Gasteiger partial charge >= 0.3 is 0 Å². The molecule has 1 saturated heterocycles. The van der Waals surface area contributed by atoms with E-state index in [2.05, 4.69) is 10.2 Å². The van der Waals surface area contributed by atoms with Gasteiger partial charge in [-0.3, -0.25) is 4.79 Å². The second kappa shape index (κ2) is 7.62. The van der Waals surface area contributed by atoms with Gasteiger partial charge in [-0.2, -0.15) is 0 Å². The molecule has 1 aromatic carbocycles. The van der Waals surface area contributed by atoms with Gasteiger partial charge in [0.25, 0.3) is 0 Å². The molecule has 2 fully saturated rings. The number of hydrogen-bond donors (Lipinski definition) is 2. The average molecular weight is 334 g/mol. The first-order valence-corrected chi connectivity index (χ1v) is 9.05. The number of benzene rings is 1. The Labute approximate surface area is 143 Å². The van der Waals surface area contributed by atoms with Crippen LogP contribution in [0.4, 0.5) is 4.39 Å². The molecule has 0 unspecified atom stereocenters. The van der Waals surface area contributed by atoms with Crippen LogP contribution in [-0.2, 0) is 10.2 Å². The third-order valence-electron chi connectivity index (χ3n) is 5.51. The monoisotopic (exact) mass is 334 g/mol. The maximum atomic E-state index is 13.5. The van der Waals surface area contributed by atoms with Crippen molar-refractivity contribution in [3.63, 3.8) is 0 Å². The molecule has 2 aliphatic rings. The van der Waals surface area contributed by atoms with Gasteiger partial charge in [0.2, 0.25) is 5.91 Å². The highest BCUT2D eigenvalue weighted by Crippen LogP contribution is 2.44. The van der Waals surface area contributed by atoms with E-state index in [0.29, 0.717) is 6.54 Å². The van der Waals surface area contributed by atoms with Crippen molar-refractivity contribution in [1.82, 2.24) is 10.2 Å². The maximum Gasteiger partial charge on any atom is 0.230 e. The summed E-state index contributed by atoms with van der Waals surface area (Å²) < 4.78 is 13.5. The van der Waals surface area contributed by atoms with Crippen LogP contribution in [0.1, 0.15) is 44.1 Å². The minimum atomic E-state index is -0.530. The van der Waals surface area contributed by atoms with Crippen molar-refractivity contribution >= 4 is 5.91 Å². The van der Waals surface area contributed by atoms with E-state index in [-0.39, 0.29) is 17.8 Å². The zero-order valence-electron chi connectivity index (χ0n) is 14.1. The van der Waals surface area contributed by atoms with Crippen molar-refractivity contribution in [3.8, 4) is 0 Å². The van der Waals surface area contributed by atoms with Crippen molar-refractivity contribution in [2.45, 2.75) is 50.0 Å². The normalized spacial score (nSPS) is 21.2. The summed E-state index contributed by atoms with van der Waals surface area (Å²) >= 11 is 0. The van der Waals surface area contributed by atoms with Crippen LogP contribution in [0.15, 0.2) is 24.3 Å². The van der Waals surface area contributed by atoms with Crippen LogP contribution in [0.2, 0.25) is 0 Å². The lowest BCUT2D eigenvalue weighted by atomic mass is 9.64. The van der Waals surface area contributed by atoms with E-state index in [1.165, 1.54) is 12.1 Å². The number of piperidine rings is 1. The zero-order chi connectivity index (χ0) is 17.0. The van der Waals surface area contributed by atoms with Gasteiger partial charge in [-0.1, -0.05) is 18.6 Å². The summed E-state index contributed by atoms with van der Waals surface area (Å²) in [6.45, 7) is 3.46. The van der Waals surface area contributed by atoms with Gasteiger partial charge in [0.05, 0.1) is 11.5 Å². The molecular formula is C19H27FN2O2. The largest absolute Gasteiger partial charge is 0.393 e. The number of likely N-dealkylation sites (tertiary alicyclic amines) is 1. The maximum absolute atomic E-state index is 13.5. The van der Waals surface area contributed by atoms with Crippen LogP contribution in [0.25, 0.3) is 0 Å². The van der Waals surface area contributed by atoms with Gasteiger partial charge in [0.1, 0.15) is 5.82 Å². The van der Waals surface area contributed by atoms with Gasteiger partial charge in [-0.05, 0) is 56.3 Å². The van der Waals surface area contributed by atoms with Crippen LogP contribution < -0.4 is 5.32 Å². The van der Waals surface area contributed by atoms with Gasteiger partial charge in [-0.15, -0.1) is 0 Å². The molecule has 0 aromatic heterocycles. The lowest BCUT2D eigenvalue weighted by Gasteiger charge is -2.40. The van der Waals surface area contributed by atoms with E-state index in [9.17, 15) is 14.3 Å². The third kappa shape index (κ3) is 3.78. The lowest BCUT2D eigenvalue weighted by Crippen LogP contribution is -2.49. The Balaban J connectivity index is 1.47. The summed E-state index contributed by atoms with van der Waals surface area (Å²) in [6, 6.07) is 6.46. The van der Waals surface area contributed by atoms with Crippen LogP contribution in [0, 0.1) is 5.82 Å². The fraction of sp³-hybridized carbons (Fsp3) is 0.632. The minimum Gasteiger partial charge on any atom is -0.393 e. The summed E-state index contributed by atoms with van der Waals surface area (Å²) in [6.07, 6.45) is 5.05. The Morgan fingerprint density at radius 2 is 2.08 bits per heavy atom. The number of carbonyl (C=O) groups is 1. The number of amides is 1. The Kier molecular flexibility index (Phi) is 5.51. The van der Waals surface area contributed by atoms with Crippen molar-refractivity contribution in [1.29, 1.82) is 0 Å². The number of aliphatic hydroxyl groups excluding tert-OH is 1. The predicted molar refractivity (Wildman–Crippen MR) is 91.2 cm³/mol. The quantitative estimate of drug-likeness (QED) is 0.784. The standard InChI is InChI=1S/C19H27FN2O2/c20-16-5-1-4-15(14-16)19(8-2-9-19)18(24)21-10-3-11-22-12-6-17(23)7-13-22/h1,4-5,14,17,23H,2-3,6-13H2,(H,21,24). The molecule has 2 N–H and O–H groups in total. The van der Waals surface area contributed by atoms with Crippen molar-refractivity contribution in [2.24, 2.45) is 0 Å². The molecule has 0 radical (unpaired) electrons. The van der Waals surface area contributed by atoms with Crippen molar-refractivity contribution in [2.75, 3.05) is 26.2 Å². The fourth-order valence-corrected chi connectivity index (χ4v) is 3.78. The van der Waals surface area contributed by atoms with Crippen LogP contribution in [0.3, 0.4) is 0 Å². The SMILES string of the molecule is O=C(NCCCN1CCC(O)CC1)C1(c2cccc(F)c2)CCC1. The second-order valence-electron chi connectivity index (χ2n) is 7.13. The number of hydrogen-bond acceptors (Lipinski definition) is 3. The van der Waals surface area contributed by atoms with Gasteiger partial charge in [0.15, 0.2) is 0 Å². The Bertz CT molecular complexity index is 566. The second-order valence-corrected chi connectivity index (χ2v) is 7.13. The molecule has 132 valence electrons. The topological polar surface area (TPSA) is 52.6 Å². The van der Waals surface area contributed by atoms with E-state index >= 15 is 0 Å². The molecule has 24 heavy (non-hydrogen) atoms. The van der Waals surface area contributed by atoms with Crippen molar-refractivity contribution < 1.29 is 14.3 Å². The first-order chi connectivity index (χ1) is 11.6. The number of halogens is 1. The molecule has 5 heteroatoms. The number of nitrogens with one attached hydrogen (secondary N) is 1. The highest BCUT2D eigenvalue weighted by Gasteiger charge is 2.45. The molecule has 1 aliphatic carbocycles. The first-order valence-electron chi connectivity index (χ1n) is 9.05. The molecule has 1 saturated carbocycles. The Morgan fingerprint density at radius 1 is 1.33 bits per heavy atom. The predicted octanol–water partition coefficient (Wildman–Crippen LogP) is 2.21. The zero-order valence-corrected chi connectivity index (χ0v) is 14.1. The van der Waals surface area contributed by atoms with Crippen LogP contribution in [0.5, 0.6) is 0 Å². The van der Waals surface area contributed by atoms with E-state index in [1.807, 2.05) is 6.07 Å². The van der Waals surface area contributed by atoms with Crippen molar-refractivity contribution in [3.05, 3.63) is 35.6 Å². The molecule has 1 amide bonds. The first kappa shape index (κ1) is 17.4. The summed E-state index contributed by atoms with van der Waals surface area (Å²) in [5.74, 6) is -0.243. The average Bonchev–Trinajstić information content (AvgIpc) is 2.52. The molecule has 0 atom stereocenters. The highest BCUT2D eigenvalue weighted by atomic mass is 19.1. The molecule has 3 rings (SSSR count). The summed E-state index contributed by atoms with van der Waals surface area (Å²) in [4.78, 5) is 15.0. The number of rotatable bonds is 6. The Morgan fingerprint density at radius 3 is 2.71 bits per heavy atom. The fourth-order valence-electron chi connectivity index (χ4n) is 3.78. The molecule has 4 nitrogen and oxygen atoms in total. The molecule has 1 aliphatic heterocycles. The van der Waals surface area contributed by atoms with Gasteiger partial charge in [-0.25, -0.2) is 4.39 Å². The highest BCUT2D eigenvalue weighted by molar-refractivity contribution is 5.89. The molecule has 1 heterocycles. The van der Waals surface area contributed by atoms with Gasteiger partial charge in [0, 0.05) is 19.6 Å². The Hall–Kier alpha value is -1.46. The van der Waals surface area contributed by atoms with E-state index in [4.69, 9.17) is 0 Å².